The molecule has 1 rings (SSSR count). The van der Waals surface area contributed by atoms with E-state index in [-0.39, 0.29) is 18.9 Å². The Labute approximate surface area is 298 Å². The second kappa shape index (κ2) is 30.7. The summed E-state index contributed by atoms with van der Waals surface area (Å²) in [6.07, 6.45) is 20.8. The molecule has 0 saturated carbocycles. The Morgan fingerprint density at radius 3 is 1.51 bits per heavy atom. The summed E-state index contributed by atoms with van der Waals surface area (Å²) in [5.41, 5.74) is 0. The highest BCUT2D eigenvalue weighted by Gasteiger charge is 2.44. The van der Waals surface area contributed by atoms with E-state index in [9.17, 15) is 35.4 Å². The Morgan fingerprint density at radius 1 is 0.633 bits per heavy atom. The first-order chi connectivity index (χ1) is 23.8. The van der Waals surface area contributed by atoms with Crippen LogP contribution in [-0.4, -0.2) is 98.7 Å². The van der Waals surface area contributed by atoms with Crippen LogP contribution < -0.4 is 5.32 Å². The average molecular weight is 704 g/mol. The van der Waals surface area contributed by atoms with Crippen LogP contribution in [0.3, 0.4) is 0 Å². The third-order valence-corrected chi connectivity index (χ3v) is 10.1. The SMILES string of the molecule is CCCCCCCCCCCCCCCCCCCCCCCC(=O)N[C@@H](CO[C@H]1O[C@H](CO)[C@H](O)[C@H](O)[C@H]1O)[C@H](O)[C@H](O)CCCCC. The molecule has 0 aliphatic carbocycles. The van der Waals surface area contributed by atoms with Gasteiger partial charge in [-0.05, 0) is 12.8 Å². The van der Waals surface area contributed by atoms with E-state index in [1.807, 2.05) is 6.92 Å². The number of nitrogens with one attached hydrogen (secondary N) is 1. The Hall–Kier alpha value is -0.850. The summed E-state index contributed by atoms with van der Waals surface area (Å²) in [5.74, 6) is -0.264. The van der Waals surface area contributed by atoms with Gasteiger partial charge in [0.2, 0.25) is 5.91 Å². The lowest BCUT2D eigenvalue weighted by molar-refractivity contribution is -0.303. The first-order valence-corrected chi connectivity index (χ1v) is 20.3. The highest BCUT2D eigenvalue weighted by molar-refractivity contribution is 5.76. The summed E-state index contributed by atoms with van der Waals surface area (Å²) in [7, 11) is 0. The molecule has 1 aliphatic rings. The summed E-state index contributed by atoms with van der Waals surface area (Å²) in [6, 6.07) is -0.980. The predicted molar refractivity (Wildman–Crippen MR) is 195 cm³/mol. The second-order valence-electron chi connectivity index (χ2n) is 14.6. The molecule has 0 radical (unpaired) electrons. The number of aliphatic hydroxyl groups is 6. The molecular formula is C39H77NO9. The molecule has 1 saturated heterocycles. The molecule has 1 fully saturated rings. The molecule has 10 heteroatoms. The maximum absolute atomic E-state index is 12.8. The van der Waals surface area contributed by atoms with E-state index in [1.54, 1.807) is 0 Å². The van der Waals surface area contributed by atoms with Crippen molar-refractivity contribution in [3.8, 4) is 0 Å². The molecule has 0 spiro atoms. The highest BCUT2D eigenvalue weighted by Crippen LogP contribution is 2.23. The van der Waals surface area contributed by atoms with Gasteiger partial charge in [-0.1, -0.05) is 162 Å². The van der Waals surface area contributed by atoms with Crippen LogP contribution in [0.25, 0.3) is 0 Å². The number of carbonyl (C=O) groups is 1. The number of unbranched alkanes of at least 4 members (excludes halogenated alkanes) is 22. The second-order valence-corrected chi connectivity index (χ2v) is 14.6. The van der Waals surface area contributed by atoms with Crippen LogP contribution in [-0.2, 0) is 14.3 Å². The zero-order chi connectivity index (χ0) is 36.1. The van der Waals surface area contributed by atoms with Crippen LogP contribution in [0.5, 0.6) is 0 Å². The fourth-order valence-corrected chi connectivity index (χ4v) is 6.67. The summed E-state index contributed by atoms with van der Waals surface area (Å²) in [5, 5.41) is 64.1. The van der Waals surface area contributed by atoms with Crippen LogP contribution in [0.15, 0.2) is 0 Å². The number of hydrogen-bond acceptors (Lipinski definition) is 9. The lowest BCUT2D eigenvalue weighted by atomic mass is 9.99. The molecule has 0 aromatic carbocycles. The Bertz CT molecular complexity index is 758. The summed E-state index contributed by atoms with van der Waals surface area (Å²) < 4.78 is 11.0. The first-order valence-electron chi connectivity index (χ1n) is 20.3. The molecule has 10 nitrogen and oxygen atoms in total. The molecule has 49 heavy (non-hydrogen) atoms. The van der Waals surface area contributed by atoms with Gasteiger partial charge in [-0.3, -0.25) is 4.79 Å². The van der Waals surface area contributed by atoms with Crippen molar-refractivity contribution < 1.29 is 44.9 Å². The maximum atomic E-state index is 12.8. The van der Waals surface area contributed by atoms with Crippen LogP contribution in [0, 0.1) is 0 Å². The number of ether oxygens (including phenoxy) is 2. The molecule has 0 aromatic heterocycles. The quantitative estimate of drug-likeness (QED) is 0.0394. The van der Waals surface area contributed by atoms with Crippen molar-refractivity contribution in [1.82, 2.24) is 5.32 Å². The standard InChI is InChI=1S/C39H77NO9/c1-3-5-7-8-9-10-11-12-13-14-15-16-17-18-19-20-21-22-23-24-26-28-34(43)40-31(35(44)32(42)27-25-6-4-2)30-48-39-38(47)37(46)36(45)33(29-41)49-39/h31-33,35-39,41-42,44-47H,3-30H2,1-2H3,(H,40,43)/t31-,32+,33+,35-,36-,37-,38+,39-/m0/s1. The van der Waals surface area contributed by atoms with E-state index in [0.717, 1.165) is 38.5 Å². The lowest BCUT2D eigenvalue weighted by Gasteiger charge is -2.40. The first kappa shape index (κ1) is 46.2. The zero-order valence-electron chi connectivity index (χ0n) is 31.3. The van der Waals surface area contributed by atoms with E-state index in [1.165, 1.54) is 116 Å². The van der Waals surface area contributed by atoms with E-state index >= 15 is 0 Å². The molecule has 1 heterocycles. The maximum Gasteiger partial charge on any atom is 0.220 e. The third-order valence-electron chi connectivity index (χ3n) is 10.1. The predicted octanol–water partition coefficient (Wildman–Crippen LogP) is 6.19. The average Bonchev–Trinajstić information content (AvgIpc) is 3.10. The normalized spacial score (nSPS) is 23.0. The van der Waals surface area contributed by atoms with Gasteiger partial charge in [0.05, 0.1) is 25.4 Å². The van der Waals surface area contributed by atoms with Crippen molar-refractivity contribution in [2.24, 2.45) is 0 Å². The van der Waals surface area contributed by atoms with Gasteiger partial charge in [0, 0.05) is 6.42 Å². The smallest absolute Gasteiger partial charge is 0.220 e. The number of carbonyl (C=O) groups excluding carboxylic acids is 1. The fourth-order valence-electron chi connectivity index (χ4n) is 6.67. The van der Waals surface area contributed by atoms with Crippen molar-refractivity contribution in [3.05, 3.63) is 0 Å². The van der Waals surface area contributed by atoms with Crippen molar-refractivity contribution in [1.29, 1.82) is 0 Å². The Balaban J connectivity index is 2.21. The molecule has 0 unspecified atom stereocenters. The van der Waals surface area contributed by atoms with Gasteiger partial charge in [0.15, 0.2) is 6.29 Å². The van der Waals surface area contributed by atoms with Gasteiger partial charge >= 0.3 is 0 Å². The Morgan fingerprint density at radius 2 is 1.06 bits per heavy atom. The molecule has 292 valence electrons. The molecule has 7 N–H and O–H groups in total. The third kappa shape index (κ3) is 22.0. The van der Waals surface area contributed by atoms with E-state index in [2.05, 4.69) is 12.2 Å². The van der Waals surface area contributed by atoms with E-state index < -0.39 is 55.6 Å². The van der Waals surface area contributed by atoms with Gasteiger partial charge in [0.1, 0.15) is 30.5 Å². The van der Waals surface area contributed by atoms with Crippen molar-refractivity contribution in [2.75, 3.05) is 13.2 Å². The highest BCUT2D eigenvalue weighted by atomic mass is 16.7. The number of aliphatic hydroxyl groups excluding tert-OH is 6. The minimum Gasteiger partial charge on any atom is -0.394 e. The Kier molecular flexibility index (Phi) is 29.0. The largest absolute Gasteiger partial charge is 0.394 e. The van der Waals surface area contributed by atoms with Crippen LogP contribution in [0.2, 0.25) is 0 Å². The lowest BCUT2D eigenvalue weighted by Crippen LogP contribution is -2.60. The zero-order valence-corrected chi connectivity index (χ0v) is 31.3. The van der Waals surface area contributed by atoms with Crippen molar-refractivity contribution >= 4 is 5.91 Å². The van der Waals surface area contributed by atoms with Gasteiger partial charge in [-0.15, -0.1) is 0 Å². The van der Waals surface area contributed by atoms with Gasteiger partial charge < -0.3 is 45.4 Å². The molecule has 1 aliphatic heterocycles. The van der Waals surface area contributed by atoms with Crippen LogP contribution in [0.4, 0.5) is 0 Å². The molecule has 8 atom stereocenters. The fraction of sp³-hybridized carbons (Fsp3) is 0.974. The van der Waals surface area contributed by atoms with Crippen LogP contribution >= 0.6 is 0 Å². The summed E-state index contributed by atoms with van der Waals surface area (Å²) in [6.45, 7) is 3.42. The molecule has 0 aromatic rings. The molecule has 0 bridgehead atoms. The van der Waals surface area contributed by atoms with Gasteiger partial charge in [0.25, 0.3) is 0 Å². The van der Waals surface area contributed by atoms with E-state index in [4.69, 9.17) is 9.47 Å². The van der Waals surface area contributed by atoms with Crippen molar-refractivity contribution in [2.45, 2.75) is 230 Å². The molecule has 1 amide bonds. The topological polar surface area (TPSA) is 169 Å². The summed E-state index contributed by atoms with van der Waals surface area (Å²) >= 11 is 0. The number of rotatable bonds is 33. The van der Waals surface area contributed by atoms with Gasteiger partial charge in [-0.2, -0.15) is 0 Å². The van der Waals surface area contributed by atoms with Gasteiger partial charge in [-0.25, -0.2) is 0 Å². The molecular weight excluding hydrogens is 626 g/mol. The minimum absolute atomic E-state index is 0.264. The number of hydrogen-bond donors (Lipinski definition) is 7. The minimum atomic E-state index is -1.60. The summed E-state index contributed by atoms with van der Waals surface area (Å²) in [4.78, 5) is 12.8. The van der Waals surface area contributed by atoms with Crippen LogP contribution in [0.1, 0.15) is 181 Å². The van der Waals surface area contributed by atoms with E-state index in [0.29, 0.717) is 6.42 Å². The monoisotopic (exact) mass is 704 g/mol. The van der Waals surface area contributed by atoms with Crippen molar-refractivity contribution in [3.63, 3.8) is 0 Å². The number of amides is 1.